The Morgan fingerprint density at radius 1 is 1.25 bits per heavy atom. The summed E-state index contributed by atoms with van der Waals surface area (Å²) in [5, 5.41) is 12.9. The van der Waals surface area contributed by atoms with E-state index in [1.165, 1.54) is 6.07 Å². The third-order valence-corrected chi connectivity index (χ3v) is 10.1. The molecule has 8 heteroatoms. The van der Waals surface area contributed by atoms with Gasteiger partial charge in [-0.2, -0.15) is 11.8 Å². The summed E-state index contributed by atoms with van der Waals surface area (Å²) in [5.41, 5.74) is 3.19. The van der Waals surface area contributed by atoms with Crippen molar-refractivity contribution in [3.63, 3.8) is 0 Å². The third-order valence-electron chi connectivity index (χ3n) is 8.60. The van der Waals surface area contributed by atoms with Gasteiger partial charge in [-0.3, -0.25) is 5.41 Å². The number of fused-ring (bicyclic) bond motifs is 1. The molecule has 2 atom stereocenters. The topological polar surface area (TPSA) is 90.3 Å². The molecule has 234 valence electrons. The van der Waals surface area contributed by atoms with Crippen LogP contribution >= 0.6 is 11.8 Å². The lowest BCUT2D eigenvalue weighted by molar-refractivity contribution is -0.107. The van der Waals surface area contributed by atoms with E-state index < -0.39 is 5.41 Å². The Balaban J connectivity index is 1.42. The number of H-pyrrole nitrogens is 1. The van der Waals surface area contributed by atoms with Gasteiger partial charge in [-0.25, -0.2) is 9.38 Å². The summed E-state index contributed by atoms with van der Waals surface area (Å²) in [5.74, 6) is 2.69. The van der Waals surface area contributed by atoms with Crippen LogP contribution in [0.15, 0.2) is 71.6 Å². The third kappa shape index (κ3) is 8.16. The maximum Gasteiger partial charge on any atom is 0.168 e. The first-order chi connectivity index (χ1) is 21.1. The van der Waals surface area contributed by atoms with Crippen LogP contribution in [0.2, 0.25) is 0 Å². The van der Waals surface area contributed by atoms with E-state index in [0.717, 1.165) is 64.0 Å². The molecule has 2 aromatic carbocycles. The van der Waals surface area contributed by atoms with Crippen LogP contribution in [-0.2, 0) is 23.1 Å². The normalized spacial score (nSPS) is 16.4. The van der Waals surface area contributed by atoms with Gasteiger partial charge in [-0.15, -0.1) is 0 Å². The highest BCUT2D eigenvalue weighted by Crippen LogP contribution is 2.39. The quantitative estimate of drug-likeness (QED) is 0.0659. The number of thioether (sulfide) groups is 1. The standard InChI is InChI=1S/C36H45FN4O2S/c1-35(2,16-17-36(3,34(38)40-5)26-11-6-9-25(21-26)10-8-19-42)24-44-20-15-30-29-14-18-41-32(29)23-31(37)33(30)43-28-13-7-12-27(22-28)39-4/h6-7,9,11-14,18-19,21,23,27,38-39,41H,5,8,10,15-17,20,22,24H2,1-4H3. The number of nitrogens with one attached hydrogen (secondary N) is 3. The van der Waals surface area contributed by atoms with E-state index in [1.54, 1.807) is 0 Å². The average Bonchev–Trinajstić information content (AvgIpc) is 3.50. The number of carbonyl (C=O) groups is 1. The number of rotatable bonds is 16. The predicted octanol–water partition coefficient (Wildman–Crippen LogP) is 7.97. The zero-order valence-electron chi connectivity index (χ0n) is 26.3. The summed E-state index contributed by atoms with van der Waals surface area (Å²) in [6.45, 7) is 10.2. The Hall–Kier alpha value is -3.49. The Morgan fingerprint density at radius 3 is 2.82 bits per heavy atom. The van der Waals surface area contributed by atoms with E-state index in [1.807, 2.05) is 61.4 Å². The minimum Gasteiger partial charge on any atom is -0.458 e. The molecule has 44 heavy (non-hydrogen) atoms. The van der Waals surface area contributed by atoms with Crippen LogP contribution in [-0.4, -0.2) is 48.4 Å². The summed E-state index contributed by atoms with van der Waals surface area (Å²) < 4.78 is 21.6. The Labute approximate surface area is 265 Å². The number of halogens is 1. The fourth-order valence-corrected chi connectivity index (χ4v) is 6.88. The van der Waals surface area contributed by atoms with Crippen LogP contribution in [0.1, 0.15) is 63.1 Å². The van der Waals surface area contributed by atoms with Crippen molar-refractivity contribution < 1.29 is 13.9 Å². The second-order valence-electron chi connectivity index (χ2n) is 12.5. The molecule has 0 saturated heterocycles. The second kappa shape index (κ2) is 15.0. The molecule has 3 N–H and O–H groups in total. The van der Waals surface area contributed by atoms with Gasteiger partial charge in [-0.1, -0.05) is 50.3 Å². The van der Waals surface area contributed by atoms with Gasteiger partial charge in [-0.05, 0) is 86.6 Å². The van der Waals surface area contributed by atoms with Gasteiger partial charge in [0.05, 0.1) is 5.41 Å². The van der Waals surface area contributed by atoms with Crippen molar-refractivity contribution in [1.29, 1.82) is 5.41 Å². The Bertz CT molecular complexity index is 1540. The van der Waals surface area contributed by atoms with Gasteiger partial charge < -0.3 is 19.8 Å². The predicted molar refractivity (Wildman–Crippen MR) is 183 cm³/mol. The minimum absolute atomic E-state index is 0.00537. The molecule has 1 heterocycles. The van der Waals surface area contributed by atoms with E-state index in [0.29, 0.717) is 31.4 Å². The summed E-state index contributed by atoms with van der Waals surface area (Å²) in [4.78, 5) is 18.1. The fourth-order valence-electron chi connectivity index (χ4n) is 5.69. The first kappa shape index (κ1) is 33.4. The number of hydrogen-bond acceptors (Lipinski definition) is 5. The van der Waals surface area contributed by atoms with Gasteiger partial charge in [0.15, 0.2) is 11.6 Å². The Kier molecular flexibility index (Phi) is 11.4. The van der Waals surface area contributed by atoms with Gasteiger partial charge in [0.25, 0.3) is 0 Å². The number of amidine groups is 1. The van der Waals surface area contributed by atoms with Gasteiger partial charge >= 0.3 is 0 Å². The molecule has 4 rings (SSSR count). The maximum atomic E-state index is 15.4. The van der Waals surface area contributed by atoms with Crippen molar-refractivity contribution in [2.24, 2.45) is 10.4 Å². The van der Waals surface area contributed by atoms with Crippen molar-refractivity contribution in [2.75, 3.05) is 18.6 Å². The number of aliphatic imine (C=N–C) groups is 1. The monoisotopic (exact) mass is 616 g/mol. The van der Waals surface area contributed by atoms with Gasteiger partial charge in [0, 0.05) is 47.6 Å². The molecule has 0 radical (unpaired) electrons. The minimum atomic E-state index is -0.579. The molecule has 6 nitrogen and oxygen atoms in total. The van der Waals surface area contributed by atoms with E-state index in [-0.39, 0.29) is 23.1 Å². The molecule has 1 aliphatic carbocycles. The highest BCUT2D eigenvalue weighted by molar-refractivity contribution is 7.99. The summed E-state index contributed by atoms with van der Waals surface area (Å²) in [7, 11) is 1.91. The second-order valence-corrected chi connectivity index (χ2v) is 13.6. The van der Waals surface area contributed by atoms with Crippen molar-refractivity contribution >= 4 is 41.5 Å². The molecule has 0 fully saturated rings. The first-order valence-corrected chi connectivity index (χ1v) is 16.4. The molecular weight excluding hydrogens is 571 g/mol. The number of aldehydes is 1. The number of benzene rings is 2. The molecule has 2 unspecified atom stereocenters. The molecule has 0 bridgehead atoms. The number of aromatic nitrogens is 1. The van der Waals surface area contributed by atoms with Crippen LogP contribution in [0.25, 0.3) is 10.9 Å². The summed E-state index contributed by atoms with van der Waals surface area (Å²) in [6.07, 6.45) is 12.9. The van der Waals surface area contributed by atoms with Crippen molar-refractivity contribution in [3.8, 4) is 5.75 Å². The smallest absolute Gasteiger partial charge is 0.168 e. The number of carbonyl (C=O) groups excluding carboxylic acids is 1. The van der Waals surface area contributed by atoms with Crippen LogP contribution in [0, 0.1) is 16.6 Å². The molecule has 3 aromatic rings. The summed E-state index contributed by atoms with van der Waals surface area (Å²) in [6, 6.07) is 11.8. The number of ether oxygens (including phenoxy) is 1. The van der Waals surface area contributed by atoms with Crippen LogP contribution in [0.5, 0.6) is 5.75 Å². The van der Waals surface area contributed by atoms with Gasteiger partial charge in [0.1, 0.15) is 17.9 Å². The lowest BCUT2D eigenvalue weighted by atomic mass is 9.73. The molecule has 0 spiro atoms. The van der Waals surface area contributed by atoms with E-state index in [2.05, 4.69) is 54.9 Å². The highest BCUT2D eigenvalue weighted by atomic mass is 32.2. The lowest BCUT2D eigenvalue weighted by Crippen LogP contribution is -2.33. The van der Waals surface area contributed by atoms with E-state index in [9.17, 15) is 4.79 Å². The lowest BCUT2D eigenvalue weighted by Gasteiger charge is -2.33. The number of hydrogen-bond donors (Lipinski definition) is 3. The van der Waals surface area contributed by atoms with Gasteiger partial charge in [0.2, 0.25) is 0 Å². The van der Waals surface area contributed by atoms with Crippen LogP contribution < -0.4 is 10.1 Å². The van der Waals surface area contributed by atoms with E-state index in [4.69, 9.17) is 10.1 Å². The zero-order valence-corrected chi connectivity index (χ0v) is 27.2. The Morgan fingerprint density at radius 2 is 2.07 bits per heavy atom. The average molecular weight is 617 g/mol. The number of aromatic amines is 1. The van der Waals surface area contributed by atoms with Crippen molar-refractivity contribution in [2.45, 2.75) is 70.8 Å². The number of likely N-dealkylation sites (N-methyl/N-ethyl adjacent to an activating group) is 1. The van der Waals surface area contributed by atoms with Crippen molar-refractivity contribution in [1.82, 2.24) is 10.3 Å². The highest BCUT2D eigenvalue weighted by Gasteiger charge is 2.34. The van der Waals surface area contributed by atoms with Crippen molar-refractivity contribution in [3.05, 3.63) is 89.1 Å². The molecule has 1 aromatic heterocycles. The van der Waals surface area contributed by atoms with Crippen LogP contribution in [0.3, 0.4) is 0 Å². The largest absolute Gasteiger partial charge is 0.458 e. The molecule has 1 aliphatic rings. The molecular formula is C36H45FN4O2S. The molecule has 0 amide bonds. The van der Waals surface area contributed by atoms with Crippen LogP contribution in [0.4, 0.5) is 4.39 Å². The SMILES string of the molecule is C=NC(=N)C(C)(CCC(C)(C)CSCCc1c(OC2=CC=CC(NC)C2)c(F)cc2[nH]ccc12)c1cccc(CCC=O)c1. The molecule has 0 saturated carbocycles. The fraction of sp³-hybridized carbons (Fsp3) is 0.417. The van der Waals surface area contributed by atoms with E-state index >= 15 is 4.39 Å². The number of allylic oxidation sites excluding steroid dienone is 2. The number of nitrogens with zero attached hydrogens (tertiary/aromatic N) is 1. The maximum absolute atomic E-state index is 15.4. The molecule has 0 aliphatic heterocycles. The first-order valence-electron chi connectivity index (χ1n) is 15.3. The zero-order chi connectivity index (χ0) is 31.7. The summed E-state index contributed by atoms with van der Waals surface area (Å²) >= 11 is 1.86. The number of aryl methyl sites for hydroxylation is 2.